The maximum absolute atomic E-state index is 11.8. The smallest absolute Gasteiger partial charge is 0.315 e. The Morgan fingerprint density at radius 3 is 2.64 bits per heavy atom. The molecular weight excluding hydrogens is 322 g/mol. The summed E-state index contributed by atoms with van der Waals surface area (Å²) in [6, 6.07) is 5.27. The first-order chi connectivity index (χ1) is 12.2. The van der Waals surface area contributed by atoms with Crippen LogP contribution in [0.2, 0.25) is 0 Å². The van der Waals surface area contributed by atoms with Crippen LogP contribution in [0.5, 0.6) is 11.5 Å². The van der Waals surface area contributed by atoms with Gasteiger partial charge in [0, 0.05) is 19.6 Å². The number of rotatable bonds is 6. The van der Waals surface area contributed by atoms with Crippen molar-refractivity contribution in [2.24, 2.45) is 0 Å². The van der Waals surface area contributed by atoms with E-state index >= 15 is 0 Å². The molecular formula is C18H25N3O4. The molecule has 0 spiro atoms. The van der Waals surface area contributed by atoms with Crippen molar-refractivity contribution < 1.29 is 19.0 Å². The van der Waals surface area contributed by atoms with Crippen LogP contribution >= 0.6 is 0 Å². The fraction of sp³-hybridized carbons (Fsp3) is 0.500. The van der Waals surface area contributed by atoms with Gasteiger partial charge < -0.3 is 24.8 Å². The van der Waals surface area contributed by atoms with Gasteiger partial charge >= 0.3 is 6.03 Å². The van der Waals surface area contributed by atoms with Gasteiger partial charge in [0.25, 0.3) is 0 Å². The lowest BCUT2D eigenvalue weighted by Crippen LogP contribution is -2.36. The molecule has 0 aromatic heterocycles. The summed E-state index contributed by atoms with van der Waals surface area (Å²) in [5.74, 6) is 7.31. The lowest BCUT2D eigenvalue weighted by molar-refractivity contribution is 0.0443. The lowest BCUT2D eigenvalue weighted by Gasteiger charge is -2.24. The fourth-order valence-electron chi connectivity index (χ4n) is 2.35. The number of hydrogen-bond donors (Lipinski definition) is 2. The van der Waals surface area contributed by atoms with Gasteiger partial charge in [0.05, 0.1) is 40.5 Å². The topological polar surface area (TPSA) is 72.1 Å². The van der Waals surface area contributed by atoms with Crippen molar-refractivity contribution >= 4 is 6.03 Å². The lowest BCUT2D eigenvalue weighted by atomic mass is 10.2. The molecule has 0 bridgehead atoms. The van der Waals surface area contributed by atoms with Gasteiger partial charge in [0.2, 0.25) is 0 Å². The maximum Gasteiger partial charge on any atom is 0.315 e. The van der Waals surface area contributed by atoms with Crippen molar-refractivity contribution in [2.75, 3.05) is 53.6 Å². The molecule has 0 atom stereocenters. The van der Waals surface area contributed by atoms with E-state index in [2.05, 4.69) is 27.4 Å². The third-order valence-corrected chi connectivity index (χ3v) is 3.77. The highest BCUT2D eigenvalue weighted by molar-refractivity contribution is 5.74. The van der Waals surface area contributed by atoms with Gasteiger partial charge in [-0.2, -0.15) is 0 Å². The molecule has 1 aliphatic rings. The zero-order valence-electron chi connectivity index (χ0n) is 14.8. The number of urea groups is 1. The molecule has 1 fully saturated rings. The van der Waals surface area contributed by atoms with E-state index in [4.69, 9.17) is 14.2 Å². The summed E-state index contributed by atoms with van der Waals surface area (Å²) >= 11 is 0. The first-order valence-electron chi connectivity index (χ1n) is 8.21. The third kappa shape index (κ3) is 6.53. The van der Waals surface area contributed by atoms with Crippen molar-refractivity contribution in [3.8, 4) is 23.3 Å². The number of nitrogens with one attached hydrogen (secondary N) is 2. The van der Waals surface area contributed by atoms with E-state index < -0.39 is 0 Å². The normalized spacial score (nSPS) is 14.2. The summed E-state index contributed by atoms with van der Waals surface area (Å²) in [5.41, 5.74) is 0.922. The Bertz CT molecular complexity index is 618. The Morgan fingerprint density at radius 2 is 1.92 bits per heavy atom. The van der Waals surface area contributed by atoms with Crippen LogP contribution < -0.4 is 20.1 Å². The Labute approximate surface area is 148 Å². The summed E-state index contributed by atoms with van der Waals surface area (Å²) in [5, 5.41) is 5.51. The molecule has 2 amide bonds. The molecule has 1 aliphatic heterocycles. The van der Waals surface area contributed by atoms with Gasteiger partial charge in [0.1, 0.15) is 0 Å². The van der Waals surface area contributed by atoms with Gasteiger partial charge in [-0.3, -0.25) is 4.90 Å². The summed E-state index contributed by atoms with van der Waals surface area (Å²) in [6.45, 7) is 4.77. The number of methoxy groups -OCH3 is 2. The molecule has 0 unspecified atom stereocenters. The highest BCUT2D eigenvalue weighted by Crippen LogP contribution is 2.27. The van der Waals surface area contributed by atoms with E-state index in [0.717, 1.165) is 31.9 Å². The predicted molar refractivity (Wildman–Crippen MR) is 94.8 cm³/mol. The largest absolute Gasteiger partial charge is 0.493 e. The first-order valence-corrected chi connectivity index (χ1v) is 8.21. The Kier molecular flexibility index (Phi) is 7.89. The first kappa shape index (κ1) is 18.9. The highest BCUT2D eigenvalue weighted by atomic mass is 16.5. The van der Waals surface area contributed by atoms with Gasteiger partial charge in [-0.15, -0.1) is 0 Å². The van der Waals surface area contributed by atoms with Gasteiger partial charge in [-0.05, 0) is 17.7 Å². The second-order valence-corrected chi connectivity index (χ2v) is 5.47. The third-order valence-electron chi connectivity index (χ3n) is 3.77. The van der Waals surface area contributed by atoms with Crippen LogP contribution in [0.15, 0.2) is 18.2 Å². The summed E-state index contributed by atoms with van der Waals surface area (Å²) in [7, 11) is 3.17. The standard InChI is InChI=1S/C18H25N3O4/c1-23-16-6-5-15(13-17(16)24-2)14-20-18(22)19-7-3-4-8-21-9-11-25-12-10-21/h5-6,13H,7-12,14H2,1-2H3,(H2,19,20,22). The van der Waals surface area contributed by atoms with Gasteiger partial charge in [-0.1, -0.05) is 17.9 Å². The van der Waals surface area contributed by atoms with Crippen molar-refractivity contribution in [1.82, 2.24) is 15.5 Å². The molecule has 136 valence electrons. The zero-order valence-corrected chi connectivity index (χ0v) is 14.8. The second-order valence-electron chi connectivity index (χ2n) is 5.47. The molecule has 0 radical (unpaired) electrons. The van der Waals surface area contributed by atoms with Gasteiger partial charge in [0.15, 0.2) is 11.5 Å². The molecule has 2 rings (SSSR count). The number of amides is 2. The van der Waals surface area contributed by atoms with Gasteiger partial charge in [-0.25, -0.2) is 4.79 Å². The quantitative estimate of drug-likeness (QED) is 0.746. The van der Waals surface area contributed by atoms with Crippen molar-refractivity contribution in [1.29, 1.82) is 0 Å². The average molecular weight is 347 g/mol. The molecule has 1 heterocycles. The maximum atomic E-state index is 11.8. The second kappa shape index (κ2) is 10.4. The fourth-order valence-corrected chi connectivity index (χ4v) is 2.35. The number of hydrogen-bond acceptors (Lipinski definition) is 5. The highest BCUT2D eigenvalue weighted by Gasteiger charge is 2.08. The van der Waals surface area contributed by atoms with Crippen LogP contribution in [0.25, 0.3) is 0 Å². The molecule has 7 heteroatoms. The van der Waals surface area contributed by atoms with E-state index in [0.29, 0.717) is 31.1 Å². The molecule has 25 heavy (non-hydrogen) atoms. The summed E-state index contributed by atoms with van der Waals surface area (Å²) in [4.78, 5) is 14.0. The number of carbonyl (C=O) groups excluding carboxylic acids is 1. The number of ether oxygens (including phenoxy) is 3. The van der Waals surface area contributed by atoms with Crippen LogP contribution in [-0.4, -0.2) is 64.5 Å². The van der Waals surface area contributed by atoms with Crippen LogP contribution in [-0.2, 0) is 11.3 Å². The minimum Gasteiger partial charge on any atom is -0.493 e. The summed E-state index contributed by atoms with van der Waals surface area (Å²) in [6.07, 6.45) is 0. The van der Waals surface area contributed by atoms with Crippen LogP contribution in [0.3, 0.4) is 0 Å². The minimum absolute atomic E-state index is 0.254. The minimum atomic E-state index is -0.254. The average Bonchev–Trinajstić information content (AvgIpc) is 2.66. The molecule has 0 saturated carbocycles. The van der Waals surface area contributed by atoms with Crippen molar-refractivity contribution in [2.45, 2.75) is 6.54 Å². The SMILES string of the molecule is COc1ccc(CNC(=O)NCC#CCN2CCOCC2)cc1OC. The number of carbonyl (C=O) groups is 1. The number of benzene rings is 1. The molecule has 1 aromatic carbocycles. The summed E-state index contributed by atoms with van der Waals surface area (Å²) < 4.78 is 15.7. The number of nitrogens with zero attached hydrogens (tertiary/aromatic N) is 1. The van der Waals surface area contributed by atoms with Crippen molar-refractivity contribution in [3.63, 3.8) is 0 Å². The molecule has 0 aliphatic carbocycles. The van der Waals surface area contributed by atoms with Crippen LogP contribution in [0.1, 0.15) is 5.56 Å². The van der Waals surface area contributed by atoms with E-state index in [1.54, 1.807) is 14.2 Å². The Hall–Kier alpha value is -2.43. The zero-order chi connectivity index (χ0) is 17.9. The molecule has 7 nitrogen and oxygen atoms in total. The Balaban J connectivity index is 1.67. The van der Waals surface area contributed by atoms with Crippen LogP contribution in [0, 0.1) is 11.8 Å². The van der Waals surface area contributed by atoms with E-state index in [1.165, 1.54) is 0 Å². The number of morpholine rings is 1. The Morgan fingerprint density at radius 1 is 1.16 bits per heavy atom. The monoisotopic (exact) mass is 347 g/mol. The molecule has 1 saturated heterocycles. The van der Waals surface area contributed by atoms with Crippen LogP contribution in [0.4, 0.5) is 4.79 Å². The molecule has 1 aromatic rings. The van der Waals surface area contributed by atoms with E-state index in [1.807, 2.05) is 18.2 Å². The van der Waals surface area contributed by atoms with E-state index in [-0.39, 0.29) is 6.03 Å². The molecule has 2 N–H and O–H groups in total. The predicted octanol–water partition coefficient (Wildman–Crippen LogP) is 0.839. The van der Waals surface area contributed by atoms with Crippen molar-refractivity contribution in [3.05, 3.63) is 23.8 Å². The van der Waals surface area contributed by atoms with E-state index in [9.17, 15) is 4.79 Å².